The van der Waals surface area contributed by atoms with Crippen LogP contribution in [0.1, 0.15) is 22.3 Å². The van der Waals surface area contributed by atoms with Gasteiger partial charge in [0.25, 0.3) is 10.0 Å². The van der Waals surface area contributed by atoms with Crippen molar-refractivity contribution in [3.63, 3.8) is 0 Å². The van der Waals surface area contributed by atoms with E-state index in [9.17, 15) is 13.2 Å². The molecule has 1 aliphatic heterocycles. The molecular formula is C16H16N2O5S. The van der Waals surface area contributed by atoms with E-state index in [0.717, 1.165) is 30.4 Å². The monoisotopic (exact) mass is 348 g/mol. The molecule has 24 heavy (non-hydrogen) atoms. The number of methoxy groups -OCH3 is 1. The average Bonchev–Trinajstić information content (AvgIpc) is 2.60. The van der Waals surface area contributed by atoms with E-state index in [1.54, 1.807) is 12.1 Å². The molecule has 2 heterocycles. The van der Waals surface area contributed by atoms with Gasteiger partial charge in [-0.2, -0.15) is 0 Å². The molecule has 8 heteroatoms. The van der Waals surface area contributed by atoms with Gasteiger partial charge in [0.1, 0.15) is 10.6 Å². The number of sulfonamides is 1. The summed E-state index contributed by atoms with van der Waals surface area (Å²) in [5.41, 5.74) is 1.30. The van der Waals surface area contributed by atoms with Gasteiger partial charge in [0.15, 0.2) is 0 Å². The first-order chi connectivity index (χ1) is 11.4. The molecule has 0 atom stereocenters. The standard InChI is InChI=1S/C16H16N2O5S/c1-23-13-5-4-11-3-2-6-18(15(11)8-13)24(21,22)14-7-12(16(19)20)9-17-10-14/h4-5,7-10H,2-3,6H2,1H3,(H,19,20). The van der Waals surface area contributed by atoms with Gasteiger partial charge < -0.3 is 9.84 Å². The first-order valence-electron chi connectivity index (χ1n) is 7.31. The second-order valence-electron chi connectivity index (χ2n) is 5.39. The van der Waals surface area contributed by atoms with Crippen molar-refractivity contribution in [1.82, 2.24) is 4.98 Å². The van der Waals surface area contributed by atoms with E-state index in [2.05, 4.69) is 4.98 Å². The molecule has 0 bridgehead atoms. The van der Waals surface area contributed by atoms with Gasteiger partial charge in [-0.25, -0.2) is 13.2 Å². The molecule has 0 fully saturated rings. The van der Waals surface area contributed by atoms with Crippen LogP contribution in [-0.4, -0.2) is 38.1 Å². The first kappa shape index (κ1) is 16.3. The van der Waals surface area contributed by atoms with Crippen LogP contribution in [0.15, 0.2) is 41.6 Å². The van der Waals surface area contributed by atoms with Gasteiger partial charge in [-0.05, 0) is 30.5 Å². The van der Waals surface area contributed by atoms with Crippen molar-refractivity contribution in [3.05, 3.63) is 47.8 Å². The Morgan fingerprint density at radius 3 is 2.79 bits per heavy atom. The Bertz CT molecular complexity index is 895. The molecule has 1 aromatic carbocycles. The molecule has 0 unspecified atom stereocenters. The number of fused-ring (bicyclic) bond motifs is 1. The molecule has 0 aliphatic carbocycles. The summed E-state index contributed by atoms with van der Waals surface area (Å²) in [6.07, 6.45) is 3.74. The fourth-order valence-corrected chi connectivity index (χ4v) is 4.22. The van der Waals surface area contributed by atoms with Crippen LogP contribution in [0, 0.1) is 0 Å². The highest BCUT2D eigenvalue weighted by Crippen LogP contribution is 2.34. The van der Waals surface area contributed by atoms with Gasteiger partial charge in [0.05, 0.1) is 18.4 Å². The quantitative estimate of drug-likeness (QED) is 0.907. The highest BCUT2D eigenvalue weighted by atomic mass is 32.2. The van der Waals surface area contributed by atoms with Crippen LogP contribution in [-0.2, 0) is 16.4 Å². The topological polar surface area (TPSA) is 96.8 Å². The van der Waals surface area contributed by atoms with Crippen molar-refractivity contribution < 1.29 is 23.1 Å². The molecule has 3 rings (SSSR count). The lowest BCUT2D eigenvalue weighted by Crippen LogP contribution is -2.35. The van der Waals surface area contributed by atoms with Crippen LogP contribution in [0.3, 0.4) is 0 Å². The van der Waals surface area contributed by atoms with Crippen molar-refractivity contribution in [2.75, 3.05) is 18.0 Å². The summed E-state index contributed by atoms with van der Waals surface area (Å²) in [7, 11) is -2.39. The van der Waals surface area contributed by atoms with Gasteiger partial charge in [-0.3, -0.25) is 9.29 Å². The Morgan fingerprint density at radius 2 is 2.08 bits per heavy atom. The number of carboxylic acid groups (broad SMARTS) is 1. The number of aromatic carboxylic acids is 1. The van der Waals surface area contributed by atoms with E-state index in [4.69, 9.17) is 9.84 Å². The fourth-order valence-electron chi connectivity index (χ4n) is 2.70. The Morgan fingerprint density at radius 1 is 1.29 bits per heavy atom. The summed E-state index contributed by atoms with van der Waals surface area (Å²) in [5, 5.41) is 9.05. The van der Waals surface area contributed by atoms with Crippen molar-refractivity contribution >= 4 is 21.7 Å². The highest BCUT2D eigenvalue weighted by molar-refractivity contribution is 7.92. The first-order valence-corrected chi connectivity index (χ1v) is 8.75. The normalized spacial score (nSPS) is 14.1. The Balaban J connectivity index is 2.09. The van der Waals surface area contributed by atoms with Crippen LogP contribution in [0.2, 0.25) is 0 Å². The number of rotatable bonds is 4. The zero-order valence-corrected chi connectivity index (χ0v) is 13.8. The second kappa shape index (κ2) is 6.12. The zero-order chi connectivity index (χ0) is 17.3. The lowest BCUT2D eigenvalue weighted by molar-refractivity contribution is 0.0696. The Hall–Kier alpha value is -2.61. The second-order valence-corrected chi connectivity index (χ2v) is 7.25. The number of hydrogen-bond donors (Lipinski definition) is 1. The lowest BCUT2D eigenvalue weighted by atomic mass is 10.0. The van der Waals surface area contributed by atoms with E-state index >= 15 is 0 Å². The van der Waals surface area contributed by atoms with Gasteiger partial charge in [0, 0.05) is 25.0 Å². The summed E-state index contributed by atoms with van der Waals surface area (Å²) >= 11 is 0. The number of nitrogens with zero attached hydrogens (tertiary/aromatic N) is 2. The number of anilines is 1. The molecule has 0 radical (unpaired) electrons. The van der Waals surface area contributed by atoms with Crippen LogP contribution < -0.4 is 9.04 Å². The van der Waals surface area contributed by atoms with Crippen LogP contribution in [0.4, 0.5) is 5.69 Å². The van der Waals surface area contributed by atoms with Crippen molar-refractivity contribution in [2.45, 2.75) is 17.7 Å². The third kappa shape index (κ3) is 2.80. The number of hydrogen-bond acceptors (Lipinski definition) is 5. The SMILES string of the molecule is COc1ccc2c(c1)N(S(=O)(=O)c1cncc(C(=O)O)c1)CCC2. The molecule has 126 valence electrons. The van der Waals surface area contributed by atoms with Crippen molar-refractivity contribution in [2.24, 2.45) is 0 Å². The van der Waals surface area contributed by atoms with E-state index < -0.39 is 16.0 Å². The molecule has 0 saturated heterocycles. The third-order valence-corrected chi connectivity index (χ3v) is 5.70. The van der Waals surface area contributed by atoms with Crippen LogP contribution >= 0.6 is 0 Å². The molecule has 1 N–H and O–H groups in total. The minimum absolute atomic E-state index is 0.141. The van der Waals surface area contributed by atoms with Crippen molar-refractivity contribution in [1.29, 1.82) is 0 Å². The summed E-state index contributed by atoms with van der Waals surface area (Å²) in [5.74, 6) is -0.659. The minimum Gasteiger partial charge on any atom is -0.497 e. The van der Waals surface area contributed by atoms with E-state index in [1.165, 1.54) is 11.4 Å². The molecule has 2 aromatic rings. The molecular weight excluding hydrogens is 332 g/mol. The summed E-state index contributed by atoms with van der Waals surface area (Å²) in [4.78, 5) is 14.7. The number of carbonyl (C=O) groups is 1. The maximum absolute atomic E-state index is 13.0. The van der Waals surface area contributed by atoms with Crippen molar-refractivity contribution in [3.8, 4) is 5.75 Å². The molecule has 7 nitrogen and oxygen atoms in total. The number of aryl methyl sites for hydroxylation is 1. The Labute approximate surface area is 139 Å². The molecule has 0 amide bonds. The van der Waals surface area contributed by atoms with Gasteiger partial charge in [-0.1, -0.05) is 6.07 Å². The van der Waals surface area contributed by atoms with E-state index in [1.807, 2.05) is 6.07 Å². The van der Waals surface area contributed by atoms with Crippen LogP contribution in [0.5, 0.6) is 5.75 Å². The number of carboxylic acids is 1. The van der Waals surface area contributed by atoms with Gasteiger partial charge in [-0.15, -0.1) is 0 Å². The number of ether oxygens (including phenoxy) is 1. The predicted octanol–water partition coefficient (Wildman–Crippen LogP) is 1.93. The smallest absolute Gasteiger partial charge is 0.337 e. The summed E-state index contributed by atoms with van der Waals surface area (Å²) in [6.45, 7) is 0.319. The van der Waals surface area contributed by atoms with Gasteiger partial charge >= 0.3 is 5.97 Å². The molecule has 1 aliphatic rings. The van der Waals surface area contributed by atoms with E-state index in [-0.39, 0.29) is 10.5 Å². The number of benzene rings is 1. The Kier molecular flexibility index (Phi) is 4.15. The fraction of sp³-hybridized carbons (Fsp3) is 0.250. The van der Waals surface area contributed by atoms with E-state index in [0.29, 0.717) is 24.4 Å². The van der Waals surface area contributed by atoms with Gasteiger partial charge in [0.2, 0.25) is 0 Å². The summed E-state index contributed by atoms with van der Waals surface area (Å²) < 4.78 is 32.4. The largest absolute Gasteiger partial charge is 0.497 e. The number of pyridine rings is 1. The predicted molar refractivity (Wildman–Crippen MR) is 87.0 cm³/mol. The molecule has 0 saturated carbocycles. The molecule has 1 aromatic heterocycles. The number of aromatic nitrogens is 1. The average molecular weight is 348 g/mol. The third-order valence-electron chi connectivity index (χ3n) is 3.92. The lowest BCUT2D eigenvalue weighted by Gasteiger charge is -2.30. The maximum Gasteiger partial charge on any atom is 0.337 e. The summed E-state index contributed by atoms with van der Waals surface area (Å²) in [6, 6.07) is 6.45. The maximum atomic E-state index is 13.0. The minimum atomic E-state index is -3.90. The zero-order valence-electron chi connectivity index (χ0n) is 13.0. The van der Waals surface area contributed by atoms with Crippen LogP contribution in [0.25, 0.3) is 0 Å². The molecule has 0 spiro atoms. The highest BCUT2D eigenvalue weighted by Gasteiger charge is 2.30.